The van der Waals surface area contributed by atoms with Crippen LogP contribution in [0.5, 0.6) is 0 Å². The van der Waals surface area contributed by atoms with Crippen LogP contribution in [0.2, 0.25) is 0 Å². The predicted molar refractivity (Wildman–Crippen MR) is 152 cm³/mol. The molecule has 2 aromatic rings. The Morgan fingerprint density at radius 3 is 2.70 bits per heavy atom. The third-order valence-corrected chi connectivity index (χ3v) is 8.25. The van der Waals surface area contributed by atoms with Gasteiger partial charge in [0.2, 0.25) is 0 Å². The second-order valence-corrected chi connectivity index (χ2v) is 11.3. The minimum Gasteiger partial charge on any atom is -0.422 e. The Hall–Kier alpha value is -3.31. The average molecular weight is 496 g/mol. The molecule has 6 rings (SSSR count). The van der Waals surface area contributed by atoms with Gasteiger partial charge in [-0.05, 0) is 99.0 Å². The van der Waals surface area contributed by atoms with Gasteiger partial charge in [0, 0.05) is 60.4 Å². The van der Waals surface area contributed by atoms with E-state index < -0.39 is 0 Å². The van der Waals surface area contributed by atoms with Gasteiger partial charge in [-0.2, -0.15) is 0 Å². The van der Waals surface area contributed by atoms with Crippen molar-refractivity contribution in [1.29, 1.82) is 0 Å². The van der Waals surface area contributed by atoms with Crippen LogP contribution in [0.3, 0.4) is 0 Å². The molecule has 1 unspecified atom stereocenters. The van der Waals surface area contributed by atoms with Gasteiger partial charge in [0.15, 0.2) is 0 Å². The molecule has 1 atom stereocenters. The highest BCUT2D eigenvalue weighted by Crippen LogP contribution is 2.43. The van der Waals surface area contributed by atoms with Crippen LogP contribution in [0.15, 0.2) is 87.0 Å². The second-order valence-electron chi connectivity index (χ2n) is 11.3. The van der Waals surface area contributed by atoms with Crippen molar-refractivity contribution in [3.8, 4) is 0 Å². The number of benzene rings is 1. The first-order chi connectivity index (χ1) is 17.9. The van der Waals surface area contributed by atoms with Crippen molar-refractivity contribution < 1.29 is 4.42 Å². The molecule has 4 heterocycles. The zero-order valence-corrected chi connectivity index (χ0v) is 22.3. The number of nitrogens with zero attached hydrogens (tertiary/aromatic N) is 3. The number of fused-ring (bicyclic) bond motifs is 2. The summed E-state index contributed by atoms with van der Waals surface area (Å²) >= 11 is 0. The molecule has 0 spiro atoms. The van der Waals surface area contributed by atoms with Gasteiger partial charge in [-0.25, -0.2) is 4.79 Å². The van der Waals surface area contributed by atoms with E-state index in [4.69, 9.17) is 4.42 Å². The summed E-state index contributed by atoms with van der Waals surface area (Å²) in [5.74, 6) is 0.828. The summed E-state index contributed by atoms with van der Waals surface area (Å²) in [6, 6.07) is 8.33. The molecule has 1 saturated heterocycles. The van der Waals surface area contributed by atoms with Gasteiger partial charge < -0.3 is 19.1 Å². The average Bonchev–Trinajstić information content (AvgIpc) is 3.74. The largest absolute Gasteiger partial charge is 0.422 e. The van der Waals surface area contributed by atoms with Crippen molar-refractivity contribution in [1.82, 2.24) is 9.80 Å². The van der Waals surface area contributed by atoms with Gasteiger partial charge in [0.25, 0.3) is 0 Å². The molecule has 3 aliphatic heterocycles. The highest BCUT2D eigenvalue weighted by atomic mass is 16.4. The molecule has 1 aromatic carbocycles. The Kier molecular flexibility index (Phi) is 6.20. The Labute approximate surface area is 219 Å². The Morgan fingerprint density at radius 2 is 1.92 bits per heavy atom. The predicted octanol–water partition coefficient (Wildman–Crippen LogP) is 6.31. The van der Waals surface area contributed by atoms with Crippen molar-refractivity contribution in [2.24, 2.45) is 11.8 Å². The molecular formula is C32H37N3O2. The number of hydrogen-bond donors (Lipinski definition) is 0. The van der Waals surface area contributed by atoms with Gasteiger partial charge in [-0.3, -0.25) is 0 Å². The fourth-order valence-corrected chi connectivity index (χ4v) is 5.78. The minimum absolute atomic E-state index is 0.191. The van der Waals surface area contributed by atoms with E-state index in [1.54, 1.807) is 0 Å². The SMILES string of the molecule is C=C(C)C1=CC(C2CC2)=CN2C=C(c3cc4ccc(N5CCCN(C)CC5)cc4oc3=O)C(C)CC=C12. The van der Waals surface area contributed by atoms with Crippen molar-refractivity contribution in [2.45, 2.75) is 39.5 Å². The molecule has 0 bridgehead atoms. The van der Waals surface area contributed by atoms with Crippen LogP contribution in [0.1, 0.15) is 45.1 Å². The molecule has 1 aromatic heterocycles. The van der Waals surface area contributed by atoms with E-state index >= 15 is 0 Å². The van der Waals surface area contributed by atoms with E-state index in [1.165, 1.54) is 24.0 Å². The van der Waals surface area contributed by atoms with E-state index in [0.717, 1.165) is 66.9 Å². The molecule has 5 nitrogen and oxygen atoms in total. The van der Waals surface area contributed by atoms with Crippen LogP contribution in [-0.4, -0.2) is 43.0 Å². The zero-order valence-electron chi connectivity index (χ0n) is 22.3. The number of anilines is 1. The molecular weight excluding hydrogens is 458 g/mol. The molecule has 5 heteroatoms. The Bertz CT molecular complexity index is 1440. The maximum atomic E-state index is 13.4. The molecule has 0 amide bonds. The fourth-order valence-electron chi connectivity index (χ4n) is 5.78. The minimum atomic E-state index is -0.263. The fraction of sp³-hybridized carbons (Fsp3) is 0.406. The van der Waals surface area contributed by atoms with E-state index in [0.29, 0.717) is 17.1 Å². The standard InChI is InChI=1S/C32H37N3O2/c1-21(2)27-17-25(23-7-8-23)19-35-20-29(22(3)6-11-30(27)35)28-16-24-9-10-26(18-31(24)37-32(28)36)34-13-5-12-33(4)14-15-34/h9-11,16-20,22-23H,1,5-8,12-15H2,2-4H3. The zero-order chi connectivity index (χ0) is 25.7. The summed E-state index contributed by atoms with van der Waals surface area (Å²) in [5, 5.41) is 0.964. The van der Waals surface area contributed by atoms with Crippen molar-refractivity contribution >= 4 is 22.2 Å². The van der Waals surface area contributed by atoms with Gasteiger partial charge >= 0.3 is 5.63 Å². The van der Waals surface area contributed by atoms with E-state index in [1.807, 2.05) is 12.1 Å². The highest BCUT2D eigenvalue weighted by molar-refractivity contribution is 5.84. The molecule has 192 valence electrons. The summed E-state index contributed by atoms with van der Waals surface area (Å²) in [6.07, 6.45) is 13.5. The van der Waals surface area contributed by atoms with Crippen LogP contribution < -0.4 is 10.5 Å². The van der Waals surface area contributed by atoms with E-state index in [-0.39, 0.29) is 11.5 Å². The molecule has 4 aliphatic rings. The Morgan fingerprint density at radius 1 is 1.08 bits per heavy atom. The maximum absolute atomic E-state index is 13.4. The third-order valence-electron chi connectivity index (χ3n) is 8.25. The number of rotatable bonds is 4. The topological polar surface area (TPSA) is 39.9 Å². The lowest BCUT2D eigenvalue weighted by Gasteiger charge is -2.28. The summed E-state index contributed by atoms with van der Waals surface area (Å²) in [4.78, 5) is 20.4. The van der Waals surface area contributed by atoms with Gasteiger partial charge in [0.1, 0.15) is 5.58 Å². The van der Waals surface area contributed by atoms with Crippen LogP contribution in [0.25, 0.3) is 16.5 Å². The number of likely N-dealkylation sites (N-methyl/N-ethyl adjacent to an activating group) is 1. The monoisotopic (exact) mass is 495 g/mol. The molecule has 37 heavy (non-hydrogen) atoms. The van der Waals surface area contributed by atoms with Crippen LogP contribution in [-0.2, 0) is 0 Å². The van der Waals surface area contributed by atoms with Crippen LogP contribution >= 0.6 is 0 Å². The second kappa shape index (κ2) is 9.53. The molecule has 1 saturated carbocycles. The van der Waals surface area contributed by atoms with Crippen LogP contribution in [0, 0.1) is 11.8 Å². The first kappa shape index (κ1) is 24.1. The van der Waals surface area contributed by atoms with E-state index in [2.05, 4.69) is 78.9 Å². The molecule has 1 aliphatic carbocycles. The molecule has 0 N–H and O–H groups in total. The normalized spacial score (nSPS) is 22.9. The smallest absolute Gasteiger partial charge is 0.343 e. The van der Waals surface area contributed by atoms with Crippen molar-refractivity contribution in [2.75, 3.05) is 38.1 Å². The van der Waals surface area contributed by atoms with Gasteiger partial charge in [0.05, 0.1) is 5.56 Å². The van der Waals surface area contributed by atoms with Gasteiger partial charge in [-0.1, -0.05) is 19.6 Å². The van der Waals surface area contributed by atoms with Crippen LogP contribution in [0.4, 0.5) is 5.69 Å². The lowest BCUT2D eigenvalue weighted by atomic mass is 9.92. The first-order valence-electron chi connectivity index (χ1n) is 13.7. The third kappa shape index (κ3) is 4.73. The molecule has 0 radical (unpaired) electrons. The summed E-state index contributed by atoms with van der Waals surface area (Å²) in [5.41, 5.74) is 8.00. The summed E-state index contributed by atoms with van der Waals surface area (Å²) in [6.45, 7) is 12.7. The lowest BCUT2D eigenvalue weighted by molar-refractivity contribution is 0.360. The number of hydrogen-bond acceptors (Lipinski definition) is 5. The maximum Gasteiger partial charge on any atom is 0.343 e. The summed E-state index contributed by atoms with van der Waals surface area (Å²) < 4.78 is 5.97. The quantitative estimate of drug-likeness (QED) is 0.465. The van der Waals surface area contributed by atoms with E-state index in [9.17, 15) is 4.79 Å². The summed E-state index contributed by atoms with van der Waals surface area (Å²) in [7, 11) is 2.17. The van der Waals surface area contributed by atoms with Gasteiger partial charge in [-0.15, -0.1) is 0 Å². The van der Waals surface area contributed by atoms with Crippen molar-refractivity contribution in [3.05, 3.63) is 93.8 Å². The first-order valence-corrected chi connectivity index (χ1v) is 13.7. The number of allylic oxidation sites excluding steroid dienone is 5. The molecule has 2 fully saturated rings. The highest BCUT2D eigenvalue weighted by Gasteiger charge is 2.31. The lowest BCUT2D eigenvalue weighted by Crippen LogP contribution is -2.28. The van der Waals surface area contributed by atoms with Crippen molar-refractivity contribution in [3.63, 3.8) is 0 Å². The Balaban J connectivity index is 1.37.